The fraction of sp³-hybridized carbons (Fsp3) is 0.917. The first-order valence-electron chi connectivity index (χ1n) is 6.06. The summed E-state index contributed by atoms with van der Waals surface area (Å²) in [6.45, 7) is 9.83. The molecule has 0 aliphatic carbocycles. The molecule has 0 saturated heterocycles. The Hall–Kier alpha value is -0.570. The Kier molecular flexibility index (Phi) is 8.38. The van der Waals surface area contributed by atoms with Crippen LogP contribution in [0.4, 0.5) is 0 Å². The fourth-order valence-corrected chi connectivity index (χ4v) is 1.36. The second-order valence-corrected chi connectivity index (χ2v) is 4.60. The zero-order valence-electron chi connectivity index (χ0n) is 10.6. The van der Waals surface area contributed by atoms with Crippen LogP contribution in [0, 0.1) is 5.92 Å². The van der Waals surface area contributed by atoms with Crippen LogP contribution in [0.5, 0.6) is 0 Å². The van der Waals surface area contributed by atoms with Crippen LogP contribution in [0.2, 0.25) is 0 Å². The van der Waals surface area contributed by atoms with Gasteiger partial charge < -0.3 is 10.6 Å². The smallest absolute Gasteiger partial charge is 0.233 e. The van der Waals surface area contributed by atoms with Gasteiger partial charge in [0.05, 0.1) is 6.54 Å². The minimum Gasteiger partial charge on any atom is -0.355 e. The largest absolute Gasteiger partial charge is 0.355 e. The highest BCUT2D eigenvalue weighted by molar-refractivity contribution is 5.77. The van der Waals surface area contributed by atoms with Crippen LogP contribution in [0.15, 0.2) is 0 Å². The molecule has 15 heavy (non-hydrogen) atoms. The van der Waals surface area contributed by atoms with Gasteiger partial charge in [-0.05, 0) is 25.7 Å². The number of hydrogen-bond acceptors (Lipinski definition) is 2. The molecule has 2 N–H and O–H groups in total. The number of carbonyl (C=O) groups excluding carboxylic acids is 1. The van der Waals surface area contributed by atoms with E-state index in [4.69, 9.17) is 0 Å². The van der Waals surface area contributed by atoms with Crippen molar-refractivity contribution in [3.63, 3.8) is 0 Å². The molecule has 1 amide bonds. The van der Waals surface area contributed by atoms with Crippen molar-refractivity contribution in [3.8, 4) is 0 Å². The average molecular weight is 214 g/mol. The molecule has 0 saturated carbocycles. The third kappa shape index (κ3) is 9.73. The summed E-state index contributed by atoms with van der Waals surface area (Å²) in [4.78, 5) is 11.4. The number of nitrogens with one attached hydrogen (secondary N) is 2. The van der Waals surface area contributed by atoms with E-state index in [9.17, 15) is 4.79 Å². The van der Waals surface area contributed by atoms with Crippen LogP contribution in [0.25, 0.3) is 0 Å². The summed E-state index contributed by atoms with van der Waals surface area (Å²) in [6.07, 6.45) is 3.33. The predicted octanol–water partition coefficient (Wildman–Crippen LogP) is 1.93. The van der Waals surface area contributed by atoms with Crippen LogP contribution < -0.4 is 10.6 Å². The van der Waals surface area contributed by atoms with E-state index >= 15 is 0 Å². The summed E-state index contributed by atoms with van der Waals surface area (Å²) in [5, 5.41) is 6.12. The van der Waals surface area contributed by atoms with Crippen molar-refractivity contribution in [2.45, 2.75) is 53.0 Å². The molecule has 0 spiro atoms. The van der Waals surface area contributed by atoms with Gasteiger partial charge in [0.2, 0.25) is 5.91 Å². The Morgan fingerprint density at radius 1 is 1.20 bits per heavy atom. The maximum Gasteiger partial charge on any atom is 0.233 e. The number of hydrogen-bond donors (Lipinski definition) is 2. The molecule has 3 nitrogen and oxygen atoms in total. The second-order valence-electron chi connectivity index (χ2n) is 4.60. The minimum absolute atomic E-state index is 0.110. The summed E-state index contributed by atoms with van der Waals surface area (Å²) in [6, 6.07) is 0.436. The van der Waals surface area contributed by atoms with Gasteiger partial charge in [-0.25, -0.2) is 0 Å². The molecule has 0 bridgehead atoms. The van der Waals surface area contributed by atoms with Crippen molar-refractivity contribution < 1.29 is 4.79 Å². The molecule has 0 rings (SSSR count). The first kappa shape index (κ1) is 14.4. The van der Waals surface area contributed by atoms with E-state index in [0.29, 0.717) is 18.5 Å². The van der Waals surface area contributed by atoms with E-state index in [1.807, 2.05) is 0 Å². The summed E-state index contributed by atoms with van der Waals surface area (Å²) in [7, 11) is 0. The molecule has 1 atom stereocenters. The molecule has 0 aromatic rings. The average Bonchev–Trinajstić information content (AvgIpc) is 2.14. The van der Waals surface area contributed by atoms with Crippen LogP contribution in [0.1, 0.15) is 47.0 Å². The highest BCUT2D eigenvalue weighted by atomic mass is 16.1. The number of rotatable bonds is 8. The summed E-state index contributed by atoms with van der Waals surface area (Å²) in [5.41, 5.74) is 0. The first-order valence-corrected chi connectivity index (χ1v) is 6.06. The molecule has 1 unspecified atom stereocenters. The van der Waals surface area contributed by atoms with Gasteiger partial charge in [-0.2, -0.15) is 0 Å². The van der Waals surface area contributed by atoms with Gasteiger partial charge in [-0.1, -0.05) is 27.2 Å². The molecule has 0 fully saturated rings. The summed E-state index contributed by atoms with van der Waals surface area (Å²) < 4.78 is 0. The van der Waals surface area contributed by atoms with Gasteiger partial charge in [0.15, 0.2) is 0 Å². The van der Waals surface area contributed by atoms with Gasteiger partial charge >= 0.3 is 0 Å². The van der Waals surface area contributed by atoms with Crippen molar-refractivity contribution >= 4 is 5.91 Å². The van der Waals surface area contributed by atoms with Crippen molar-refractivity contribution in [2.75, 3.05) is 13.1 Å². The second kappa shape index (κ2) is 8.72. The molecule has 90 valence electrons. The Balaban J connectivity index is 3.40. The Morgan fingerprint density at radius 3 is 2.40 bits per heavy atom. The lowest BCUT2D eigenvalue weighted by Gasteiger charge is -2.12. The minimum atomic E-state index is 0.110. The zero-order valence-corrected chi connectivity index (χ0v) is 10.6. The first-order chi connectivity index (χ1) is 7.06. The number of carbonyl (C=O) groups is 1. The predicted molar refractivity (Wildman–Crippen MR) is 64.8 cm³/mol. The quantitative estimate of drug-likeness (QED) is 0.648. The maximum absolute atomic E-state index is 11.4. The van der Waals surface area contributed by atoms with Gasteiger partial charge in [-0.15, -0.1) is 0 Å². The van der Waals surface area contributed by atoms with E-state index in [0.717, 1.165) is 25.8 Å². The van der Waals surface area contributed by atoms with E-state index in [1.165, 1.54) is 0 Å². The zero-order chi connectivity index (χ0) is 11.7. The molecular weight excluding hydrogens is 188 g/mol. The Bertz CT molecular complexity index is 169. The highest BCUT2D eigenvalue weighted by Gasteiger charge is 2.04. The van der Waals surface area contributed by atoms with Crippen LogP contribution >= 0.6 is 0 Å². The lowest BCUT2D eigenvalue weighted by atomic mass is 10.1. The van der Waals surface area contributed by atoms with Crippen molar-refractivity contribution in [3.05, 3.63) is 0 Å². The molecule has 0 radical (unpaired) electrons. The molecule has 0 aliphatic heterocycles. The van der Waals surface area contributed by atoms with Crippen molar-refractivity contribution in [1.82, 2.24) is 10.6 Å². The topological polar surface area (TPSA) is 41.1 Å². The van der Waals surface area contributed by atoms with Gasteiger partial charge in [0.1, 0.15) is 0 Å². The van der Waals surface area contributed by atoms with Gasteiger partial charge in [-0.3, -0.25) is 4.79 Å². The van der Waals surface area contributed by atoms with E-state index in [2.05, 4.69) is 38.3 Å². The molecule has 3 heteroatoms. The lowest BCUT2D eigenvalue weighted by Crippen LogP contribution is -2.38. The van der Waals surface area contributed by atoms with Gasteiger partial charge in [0.25, 0.3) is 0 Å². The molecule has 0 heterocycles. The molecule has 0 aromatic heterocycles. The third-order valence-electron chi connectivity index (χ3n) is 2.38. The normalized spacial score (nSPS) is 12.9. The standard InChI is InChI=1S/C12H26N2O/c1-5-6-11(4)14-9-12(15)13-8-7-10(2)3/h10-11,14H,5-9H2,1-4H3,(H,13,15). The molecular formula is C12H26N2O. The Labute approximate surface area is 94.0 Å². The van der Waals surface area contributed by atoms with Crippen LogP contribution in [0.3, 0.4) is 0 Å². The Morgan fingerprint density at radius 2 is 1.87 bits per heavy atom. The van der Waals surface area contributed by atoms with E-state index < -0.39 is 0 Å². The highest BCUT2D eigenvalue weighted by Crippen LogP contribution is 1.96. The van der Waals surface area contributed by atoms with E-state index in [-0.39, 0.29) is 5.91 Å². The monoisotopic (exact) mass is 214 g/mol. The molecule has 0 aromatic carbocycles. The van der Waals surface area contributed by atoms with Crippen molar-refractivity contribution in [2.24, 2.45) is 5.92 Å². The van der Waals surface area contributed by atoms with E-state index in [1.54, 1.807) is 0 Å². The third-order valence-corrected chi connectivity index (χ3v) is 2.38. The fourth-order valence-electron chi connectivity index (χ4n) is 1.36. The SMILES string of the molecule is CCCC(C)NCC(=O)NCCC(C)C. The lowest BCUT2D eigenvalue weighted by molar-refractivity contribution is -0.120. The van der Waals surface area contributed by atoms with Crippen molar-refractivity contribution in [1.29, 1.82) is 0 Å². The summed E-state index contributed by atoms with van der Waals surface area (Å²) in [5.74, 6) is 0.760. The maximum atomic E-state index is 11.4. The van der Waals surface area contributed by atoms with Crippen LogP contribution in [-0.2, 0) is 4.79 Å². The van der Waals surface area contributed by atoms with Gasteiger partial charge in [0, 0.05) is 12.6 Å². The number of amides is 1. The van der Waals surface area contributed by atoms with Crippen LogP contribution in [-0.4, -0.2) is 25.0 Å². The summed E-state index contributed by atoms with van der Waals surface area (Å²) >= 11 is 0. The molecule has 0 aliphatic rings.